The average molecular weight is 399 g/mol. The maximum absolute atomic E-state index is 12.6. The van der Waals surface area contributed by atoms with Crippen molar-refractivity contribution >= 4 is 27.7 Å². The zero-order chi connectivity index (χ0) is 18.4. The predicted octanol–water partition coefficient (Wildman–Crippen LogP) is 2.00. The molecule has 3 rings (SSSR count). The molecule has 1 aliphatic carbocycles. The van der Waals surface area contributed by atoms with E-state index in [2.05, 4.69) is 5.32 Å². The van der Waals surface area contributed by atoms with Gasteiger partial charge >= 0.3 is 0 Å². The number of carbonyl (C=O) groups excluding carboxylic acids is 1. The first kappa shape index (κ1) is 19.7. The molecule has 144 valence electrons. The molecule has 1 amide bonds. The van der Waals surface area contributed by atoms with Gasteiger partial charge in [-0.2, -0.15) is 4.31 Å². The lowest BCUT2D eigenvalue weighted by Crippen LogP contribution is -2.40. The Kier molecular flexibility index (Phi) is 6.97. The topological polar surface area (TPSA) is 75.7 Å². The summed E-state index contributed by atoms with van der Waals surface area (Å²) in [5.74, 6) is 0.528. The highest BCUT2D eigenvalue weighted by Gasteiger charge is 2.26. The molecule has 0 radical (unpaired) electrons. The Balaban J connectivity index is 1.48. The van der Waals surface area contributed by atoms with E-state index >= 15 is 0 Å². The molecule has 1 aromatic rings. The second-order valence-electron chi connectivity index (χ2n) is 6.65. The molecule has 8 heteroatoms. The van der Waals surface area contributed by atoms with Crippen LogP contribution in [-0.4, -0.2) is 55.9 Å². The van der Waals surface area contributed by atoms with Crippen molar-refractivity contribution in [2.75, 3.05) is 32.1 Å². The van der Waals surface area contributed by atoms with E-state index in [0.717, 1.165) is 5.56 Å². The van der Waals surface area contributed by atoms with Gasteiger partial charge in [-0.3, -0.25) is 4.79 Å². The SMILES string of the molecule is O=C(CSC1CCCC1)NCc1ccc(S(=O)(=O)N2CCOCC2)cc1. The Morgan fingerprint density at radius 2 is 1.81 bits per heavy atom. The summed E-state index contributed by atoms with van der Waals surface area (Å²) < 4.78 is 31.8. The van der Waals surface area contributed by atoms with E-state index in [1.165, 1.54) is 30.0 Å². The quantitative estimate of drug-likeness (QED) is 0.760. The highest BCUT2D eigenvalue weighted by atomic mass is 32.2. The highest BCUT2D eigenvalue weighted by Crippen LogP contribution is 2.29. The number of benzene rings is 1. The Morgan fingerprint density at radius 3 is 2.46 bits per heavy atom. The zero-order valence-electron chi connectivity index (χ0n) is 14.9. The van der Waals surface area contributed by atoms with Gasteiger partial charge in [-0.15, -0.1) is 11.8 Å². The molecule has 0 aromatic heterocycles. The van der Waals surface area contributed by atoms with Crippen molar-refractivity contribution in [2.24, 2.45) is 0 Å². The lowest BCUT2D eigenvalue weighted by atomic mass is 10.2. The minimum Gasteiger partial charge on any atom is -0.379 e. The molecule has 2 fully saturated rings. The van der Waals surface area contributed by atoms with Crippen molar-refractivity contribution in [1.29, 1.82) is 0 Å². The smallest absolute Gasteiger partial charge is 0.243 e. The molecule has 1 aliphatic heterocycles. The van der Waals surface area contributed by atoms with Gasteiger partial charge in [0.25, 0.3) is 0 Å². The number of amides is 1. The largest absolute Gasteiger partial charge is 0.379 e. The van der Waals surface area contributed by atoms with Gasteiger partial charge in [0.1, 0.15) is 0 Å². The molecule has 1 N–H and O–H groups in total. The first-order valence-electron chi connectivity index (χ1n) is 9.11. The van der Waals surface area contributed by atoms with E-state index in [0.29, 0.717) is 43.9 Å². The van der Waals surface area contributed by atoms with Crippen LogP contribution in [0, 0.1) is 0 Å². The number of ether oxygens (including phenoxy) is 1. The zero-order valence-corrected chi connectivity index (χ0v) is 16.5. The molecule has 0 atom stereocenters. The molecule has 1 heterocycles. The molecular formula is C18H26N2O4S2. The Bertz CT molecular complexity index is 694. The first-order chi connectivity index (χ1) is 12.6. The van der Waals surface area contributed by atoms with Crippen LogP contribution >= 0.6 is 11.8 Å². The number of morpholine rings is 1. The summed E-state index contributed by atoms with van der Waals surface area (Å²) in [6.45, 7) is 2.06. The monoisotopic (exact) mass is 398 g/mol. The molecule has 0 bridgehead atoms. The molecule has 1 saturated carbocycles. The van der Waals surface area contributed by atoms with E-state index < -0.39 is 10.0 Å². The molecule has 2 aliphatic rings. The molecule has 1 saturated heterocycles. The van der Waals surface area contributed by atoms with Crippen LogP contribution in [0.15, 0.2) is 29.2 Å². The lowest BCUT2D eigenvalue weighted by molar-refractivity contribution is -0.118. The fourth-order valence-electron chi connectivity index (χ4n) is 3.22. The fourth-order valence-corrected chi connectivity index (χ4v) is 5.78. The first-order valence-corrected chi connectivity index (χ1v) is 11.6. The van der Waals surface area contributed by atoms with Crippen LogP contribution < -0.4 is 5.32 Å². The molecule has 1 aromatic carbocycles. The normalized spacial score (nSPS) is 19.5. The van der Waals surface area contributed by atoms with Gasteiger partial charge in [0.15, 0.2) is 0 Å². The third-order valence-electron chi connectivity index (χ3n) is 4.77. The summed E-state index contributed by atoms with van der Waals surface area (Å²) >= 11 is 1.74. The van der Waals surface area contributed by atoms with Crippen molar-refractivity contribution in [3.05, 3.63) is 29.8 Å². The summed E-state index contributed by atoms with van der Waals surface area (Å²) in [4.78, 5) is 12.2. The number of nitrogens with one attached hydrogen (secondary N) is 1. The molecule has 6 nitrogen and oxygen atoms in total. The summed E-state index contributed by atoms with van der Waals surface area (Å²) in [6, 6.07) is 6.74. The number of nitrogens with zero attached hydrogens (tertiary/aromatic N) is 1. The predicted molar refractivity (Wildman–Crippen MR) is 103 cm³/mol. The Hall–Kier alpha value is -1.09. The third-order valence-corrected chi connectivity index (χ3v) is 8.06. The maximum atomic E-state index is 12.6. The van der Waals surface area contributed by atoms with E-state index in [1.807, 2.05) is 0 Å². The van der Waals surface area contributed by atoms with Crippen molar-refractivity contribution in [3.63, 3.8) is 0 Å². The van der Waals surface area contributed by atoms with Crippen molar-refractivity contribution in [2.45, 2.75) is 42.4 Å². The van der Waals surface area contributed by atoms with Crippen LogP contribution in [-0.2, 0) is 26.1 Å². The molecule has 26 heavy (non-hydrogen) atoms. The van der Waals surface area contributed by atoms with Crippen LogP contribution in [0.2, 0.25) is 0 Å². The minimum atomic E-state index is -3.47. The molecule has 0 unspecified atom stereocenters. The van der Waals surface area contributed by atoms with Crippen LogP contribution in [0.4, 0.5) is 0 Å². The second-order valence-corrected chi connectivity index (χ2v) is 9.88. The molecule has 0 spiro atoms. The number of hydrogen-bond acceptors (Lipinski definition) is 5. The maximum Gasteiger partial charge on any atom is 0.243 e. The number of sulfonamides is 1. The number of hydrogen-bond donors (Lipinski definition) is 1. The van der Waals surface area contributed by atoms with Gasteiger partial charge in [-0.1, -0.05) is 25.0 Å². The number of carbonyl (C=O) groups is 1. The highest BCUT2D eigenvalue weighted by molar-refractivity contribution is 8.00. The summed E-state index contributed by atoms with van der Waals surface area (Å²) in [5, 5.41) is 3.54. The Labute approximate surface area is 159 Å². The fraction of sp³-hybridized carbons (Fsp3) is 0.611. The van der Waals surface area contributed by atoms with Gasteiger partial charge in [0, 0.05) is 24.9 Å². The van der Waals surface area contributed by atoms with E-state index in [1.54, 1.807) is 36.0 Å². The van der Waals surface area contributed by atoms with Gasteiger partial charge in [-0.25, -0.2) is 8.42 Å². The number of thioether (sulfide) groups is 1. The van der Waals surface area contributed by atoms with Gasteiger partial charge < -0.3 is 10.1 Å². The van der Waals surface area contributed by atoms with Crippen molar-refractivity contribution in [1.82, 2.24) is 9.62 Å². The van der Waals surface area contributed by atoms with Crippen molar-refractivity contribution < 1.29 is 17.9 Å². The minimum absolute atomic E-state index is 0.0342. The van der Waals surface area contributed by atoms with Crippen LogP contribution in [0.1, 0.15) is 31.2 Å². The van der Waals surface area contributed by atoms with Crippen LogP contribution in [0.5, 0.6) is 0 Å². The summed E-state index contributed by atoms with van der Waals surface area (Å²) in [7, 11) is -3.47. The standard InChI is InChI=1S/C18H26N2O4S2/c21-18(14-25-16-3-1-2-4-16)19-13-15-5-7-17(8-6-15)26(22,23)20-9-11-24-12-10-20/h5-8,16H,1-4,9-14H2,(H,19,21). The molecular weight excluding hydrogens is 372 g/mol. The Morgan fingerprint density at radius 1 is 1.15 bits per heavy atom. The van der Waals surface area contributed by atoms with Crippen LogP contribution in [0.3, 0.4) is 0 Å². The lowest BCUT2D eigenvalue weighted by Gasteiger charge is -2.26. The average Bonchev–Trinajstić information content (AvgIpc) is 3.19. The van der Waals surface area contributed by atoms with Crippen molar-refractivity contribution in [3.8, 4) is 0 Å². The second kappa shape index (κ2) is 9.21. The number of rotatable bonds is 7. The van der Waals surface area contributed by atoms with E-state index in [9.17, 15) is 13.2 Å². The third kappa shape index (κ3) is 5.22. The van der Waals surface area contributed by atoms with Gasteiger partial charge in [0.2, 0.25) is 15.9 Å². The summed E-state index contributed by atoms with van der Waals surface area (Å²) in [6.07, 6.45) is 4.99. The van der Waals surface area contributed by atoms with Gasteiger partial charge in [-0.05, 0) is 30.5 Å². The van der Waals surface area contributed by atoms with Gasteiger partial charge in [0.05, 0.1) is 23.9 Å². The summed E-state index contributed by atoms with van der Waals surface area (Å²) in [5.41, 5.74) is 0.894. The van der Waals surface area contributed by atoms with E-state index in [-0.39, 0.29) is 10.8 Å². The van der Waals surface area contributed by atoms with Crippen LogP contribution in [0.25, 0.3) is 0 Å². The van der Waals surface area contributed by atoms with E-state index in [4.69, 9.17) is 4.74 Å².